The molecule has 0 aromatic carbocycles. The summed E-state index contributed by atoms with van der Waals surface area (Å²) in [6, 6.07) is 0. The molecule has 0 aromatic rings. The fraction of sp³-hybridized carbons (Fsp3) is 1.00. The van der Waals surface area contributed by atoms with Crippen LogP contribution < -0.4 is 3.53 Å². The van der Waals surface area contributed by atoms with E-state index in [-0.39, 0.29) is 5.72 Å². The summed E-state index contributed by atoms with van der Waals surface area (Å²) < 4.78 is 7.91. The molecular weight excluding hydrogens is 205 g/mol. The van der Waals surface area contributed by atoms with Gasteiger partial charge >= 0.3 is 0 Å². The first-order valence-corrected chi connectivity index (χ1v) is 3.13. The lowest BCUT2D eigenvalue weighted by atomic mass is 10.3. The van der Waals surface area contributed by atoms with Gasteiger partial charge in [0.1, 0.15) is 5.72 Å². The van der Waals surface area contributed by atoms with Crippen LogP contribution in [-0.2, 0) is 4.74 Å². The first-order chi connectivity index (χ1) is 3.12. The number of hydrogen-bond donors (Lipinski definition) is 1. The predicted molar refractivity (Wildman–Crippen MR) is 38.2 cm³/mol. The maximum Gasteiger partial charge on any atom is 0.121 e. The number of ether oxygens (including phenoxy) is 1. The first-order valence-electron chi connectivity index (χ1n) is 2.05. The molecule has 0 atom stereocenters. The molecule has 44 valence electrons. The summed E-state index contributed by atoms with van der Waals surface area (Å²) in [5.74, 6) is 0. The van der Waals surface area contributed by atoms with Crippen molar-refractivity contribution in [3.63, 3.8) is 0 Å². The van der Waals surface area contributed by atoms with Gasteiger partial charge in [-0.05, 0) is 13.8 Å². The van der Waals surface area contributed by atoms with Crippen LogP contribution in [0.25, 0.3) is 0 Å². The van der Waals surface area contributed by atoms with E-state index in [0.717, 1.165) is 0 Å². The molecule has 0 unspecified atom stereocenters. The molecule has 0 rings (SSSR count). The van der Waals surface area contributed by atoms with Crippen LogP contribution >= 0.6 is 22.9 Å². The maximum absolute atomic E-state index is 4.97. The highest BCUT2D eigenvalue weighted by Gasteiger charge is 2.11. The molecule has 1 N–H and O–H groups in total. The molecule has 0 bridgehead atoms. The van der Waals surface area contributed by atoms with Crippen LogP contribution in [0.15, 0.2) is 0 Å². The van der Waals surface area contributed by atoms with Gasteiger partial charge in [-0.25, -0.2) is 3.53 Å². The van der Waals surface area contributed by atoms with Crippen molar-refractivity contribution in [3.8, 4) is 0 Å². The molecule has 2 nitrogen and oxygen atoms in total. The predicted octanol–water partition coefficient (Wildman–Crippen LogP) is 1.31. The average Bonchev–Trinajstić information content (AvgIpc) is 1.68. The van der Waals surface area contributed by atoms with Gasteiger partial charge in [-0.15, -0.1) is 0 Å². The molecule has 0 aliphatic heterocycles. The summed E-state index contributed by atoms with van der Waals surface area (Å²) in [5, 5.41) is 0. The molecule has 0 aromatic heterocycles. The summed E-state index contributed by atoms with van der Waals surface area (Å²) in [6.07, 6.45) is 0. The van der Waals surface area contributed by atoms with Crippen LogP contribution in [-0.4, -0.2) is 12.8 Å². The maximum atomic E-state index is 4.97. The first kappa shape index (κ1) is 7.65. The Kier molecular flexibility index (Phi) is 3.10. The van der Waals surface area contributed by atoms with E-state index in [4.69, 9.17) is 4.74 Å². The summed E-state index contributed by atoms with van der Waals surface area (Å²) in [6.45, 7) is 3.92. The van der Waals surface area contributed by atoms with Gasteiger partial charge < -0.3 is 4.74 Å². The average molecular weight is 215 g/mol. The molecule has 0 spiro atoms. The topological polar surface area (TPSA) is 21.3 Å². The highest BCUT2D eigenvalue weighted by molar-refractivity contribution is 14.1. The Labute approximate surface area is 58.1 Å². The van der Waals surface area contributed by atoms with Crippen LogP contribution in [0.3, 0.4) is 0 Å². The van der Waals surface area contributed by atoms with Crippen molar-refractivity contribution < 1.29 is 4.74 Å². The molecular formula is C4H10INO. The van der Waals surface area contributed by atoms with E-state index in [2.05, 4.69) is 26.4 Å². The van der Waals surface area contributed by atoms with Crippen LogP contribution in [0.4, 0.5) is 0 Å². The second kappa shape index (κ2) is 2.84. The summed E-state index contributed by atoms with van der Waals surface area (Å²) in [4.78, 5) is 0. The van der Waals surface area contributed by atoms with E-state index >= 15 is 0 Å². The summed E-state index contributed by atoms with van der Waals surface area (Å²) in [5.41, 5.74) is -0.180. The van der Waals surface area contributed by atoms with Crippen molar-refractivity contribution in [3.05, 3.63) is 0 Å². The van der Waals surface area contributed by atoms with E-state index < -0.39 is 0 Å². The largest absolute Gasteiger partial charge is 0.364 e. The van der Waals surface area contributed by atoms with Crippen molar-refractivity contribution in [1.82, 2.24) is 3.53 Å². The molecule has 3 heteroatoms. The number of methoxy groups -OCH3 is 1. The molecule has 0 amide bonds. The van der Waals surface area contributed by atoms with Gasteiger partial charge in [-0.2, -0.15) is 0 Å². The van der Waals surface area contributed by atoms with Crippen molar-refractivity contribution >= 4 is 22.9 Å². The Morgan fingerprint density at radius 2 is 2.00 bits per heavy atom. The molecule has 0 heterocycles. The molecule has 0 fully saturated rings. The van der Waals surface area contributed by atoms with E-state index in [1.54, 1.807) is 7.11 Å². The normalized spacial score (nSPS) is 12.0. The van der Waals surface area contributed by atoms with Gasteiger partial charge in [0.25, 0.3) is 0 Å². The van der Waals surface area contributed by atoms with Crippen molar-refractivity contribution in [2.75, 3.05) is 7.11 Å². The lowest BCUT2D eigenvalue weighted by molar-refractivity contribution is 0.0198. The van der Waals surface area contributed by atoms with E-state index in [1.807, 2.05) is 13.8 Å². The summed E-state index contributed by atoms with van der Waals surface area (Å²) in [7, 11) is 1.67. The highest BCUT2D eigenvalue weighted by Crippen LogP contribution is 2.02. The zero-order valence-corrected chi connectivity index (χ0v) is 6.94. The molecule has 0 saturated carbocycles. The minimum atomic E-state index is -0.180. The standard InChI is InChI=1S/C4H10INO/c1-4(2,6-5)7-3/h6H,1-3H3. The third-order valence-corrected chi connectivity index (χ3v) is 2.04. The van der Waals surface area contributed by atoms with Crippen LogP contribution in [0, 0.1) is 0 Å². The lowest BCUT2D eigenvalue weighted by Crippen LogP contribution is -2.33. The fourth-order valence-electron chi connectivity index (χ4n) is 0.0386. The minimum absolute atomic E-state index is 0.180. The third-order valence-electron chi connectivity index (χ3n) is 0.738. The Morgan fingerprint density at radius 1 is 1.57 bits per heavy atom. The molecule has 0 aliphatic rings. The second-order valence-corrected chi connectivity index (χ2v) is 2.35. The van der Waals surface area contributed by atoms with Gasteiger partial charge in [-0.1, -0.05) is 0 Å². The van der Waals surface area contributed by atoms with Crippen LogP contribution in [0.1, 0.15) is 13.8 Å². The van der Waals surface area contributed by atoms with Crippen molar-refractivity contribution in [2.45, 2.75) is 19.6 Å². The number of halogens is 1. The number of hydrogen-bond acceptors (Lipinski definition) is 2. The Bertz CT molecular complexity index is 49.7. The zero-order valence-electron chi connectivity index (χ0n) is 4.79. The van der Waals surface area contributed by atoms with Crippen molar-refractivity contribution in [2.24, 2.45) is 0 Å². The molecule has 0 saturated heterocycles. The SMILES string of the molecule is COC(C)(C)NI. The fourth-order valence-corrected chi connectivity index (χ4v) is 0.259. The Morgan fingerprint density at radius 3 is 2.00 bits per heavy atom. The second-order valence-electron chi connectivity index (χ2n) is 1.81. The highest BCUT2D eigenvalue weighted by atomic mass is 127. The van der Waals surface area contributed by atoms with Gasteiger partial charge in [0.15, 0.2) is 0 Å². The summed E-state index contributed by atoms with van der Waals surface area (Å²) >= 11 is 2.06. The van der Waals surface area contributed by atoms with Crippen molar-refractivity contribution in [1.29, 1.82) is 0 Å². The van der Waals surface area contributed by atoms with E-state index in [1.165, 1.54) is 0 Å². The minimum Gasteiger partial charge on any atom is -0.364 e. The monoisotopic (exact) mass is 215 g/mol. The zero-order chi connectivity index (χ0) is 5.91. The quantitative estimate of drug-likeness (QED) is 0.426. The Hall–Kier alpha value is 0.650. The molecule has 7 heavy (non-hydrogen) atoms. The lowest BCUT2D eigenvalue weighted by Gasteiger charge is -2.19. The van der Waals surface area contributed by atoms with Crippen LogP contribution in [0.5, 0.6) is 0 Å². The Balaban J connectivity index is 3.36. The molecule has 0 radical (unpaired) electrons. The van der Waals surface area contributed by atoms with E-state index in [9.17, 15) is 0 Å². The van der Waals surface area contributed by atoms with Gasteiger partial charge in [0.05, 0.1) is 0 Å². The smallest absolute Gasteiger partial charge is 0.121 e. The van der Waals surface area contributed by atoms with Gasteiger partial charge in [-0.3, -0.25) is 0 Å². The number of nitrogens with one attached hydrogen (secondary N) is 1. The van der Waals surface area contributed by atoms with Crippen LogP contribution in [0.2, 0.25) is 0 Å². The van der Waals surface area contributed by atoms with E-state index in [0.29, 0.717) is 0 Å². The molecule has 0 aliphatic carbocycles. The third kappa shape index (κ3) is 3.25. The van der Waals surface area contributed by atoms with Gasteiger partial charge in [0, 0.05) is 30.0 Å². The number of rotatable bonds is 2. The van der Waals surface area contributed by atoms with Gasteiger partial charge in [0.2, 0.25) is 0 Å².